The molecule has 0 saturated carbocycles. The van der Waals surface area contributed by atoms with Gasteiger partial charge in [-0.25, -0.2) is 0 Å². The largest absolute Gasteiger partial charge is 0.308 e. The van der Waals surface area contributed by atoms with Crippen LogP contribution < -0.4 is 5.32 Å². The predicted octanol–water partition coefficient (Wildman–Crippen LogP) is 3.98. The molecule has 0 saturated heterocycles. The summed E-state index contributed by atoms with van der Waals surface area (Å²) in [6, 6.07) is 13.1. The van der Waals surface area contributed by atoms with Crippen molar-refractivity contribution in [3.05, 3.63) is 65.0 Å². The van der Waals surface area contributed by atoms with Crippen molar-refractivity contribution < 1.29 is 0 Å². The molecule has 2 rings (SSSR count). The zero-order chi connectivity index (χ0) is 14.4. The first kappa shape index (κ1) is 14.7. The molecule has 0 aliphatic carbocycles. The molecule has 20 heavy (non-hydrogen) atoms. The van der Waals surface area contributed by atoms with Crippen molar-refractivity contribution in [3.63, 3.8) is 0 Å². The number of rotatable bonds is 6. The van der Waals surface area contributed by atoms with Crippen LogP contribution in [0.4, 0.5) is 0 Å². The molecule has 0 amide bonds. The van der Waals surface area contributed by atoms with Gasteiger partial charge >= 0.3 is 0 Å². The Morgan fingerprint density at radius 2 is 1.95 bits per heavy atom. The fraction of sp³-hybridized carbons (Fsp3) is 0.389. The Hall–Kier alpha value is -1.67. The van der Waals surface area contributed by atoms with E-state index in [1.807, 2.05) is 12.3 Å². The Labute approximate surface area is 122 Å². The fourth-order valence-electron chi connectivity index (χ4n) is 2.41. The third kappa shape index (κ3) is 3.91. The lowest BCUT2D eigenvalue weighted by atomic mass is 9.98. The summed E-state index contributed by atoms with van der Waals surface area (Å²) in [5, 5.41) is 3.63. The van der Waals surface area contributed by atoms with Gasteiger partial charge in [0.15, 0.2) is 0 Å². The van der Waals surface area contributed by atoms with Gasteiger partial charge in [0, 0.05) is 6.20 Å². The first-order chi connectivity index (χ1) is 9.70. The summed E-state index contributed by atoms with van der Waals surface area (Å²) in [7, 11) is 0. The van der Waals surface area contributed by atoms with E-state index in [4.69, 9.17) is 0 Å². The molecular weight excluding hydrogens is 244 g/mol. The molecule has 0 radical (unpaired) electrons. The lowest BCUT2D eigenvalue weighted by Crippen LogP contribution is -2.25. The van der Waals surface area contributed by atoms with E-state index in [9.17, 15) is 0 Å². The summed E-state index contributed by atoms with van der Waals surface area (Å²) >= 11 is 0. The highest BCUT2D eigenvalue weighted by Gasteiger charge is 2.14. The van der Waals surface area contributed by atoms with Crippen LogP contribution in [0.25, 0.3) is 0 Å². The Morgan fingerprint density at radius 1 is 1.15 bits per heavy atom. The number of hydrogen-bond donors (Lipinski definition) is 1. The van der Waals surface area contributed by atoms with Crippen LogP contribution in [0.5, 0.6) is 0 Å². The quantitative estimate of drug-likeness (QED) is 0.857. The van der Waals surface area contributed by atoms with Crippen LogP contribution in [-0.2, 0) is 6.42 Å². The molecule has 0 aliphatic heterocycles. The van der Waals surface area contributed by atoms with E-state index in [0.29, 0.717) is 0 Å². The minimum Gasteiger partial charge on any atom is -0.308 e. The molecule has 1 N–H and O–H groups in total. The van der Waals surface area contributed by atoms with Gasteiger partial charge in [-0.1, -0.05) is 31.2 Å². The summed E-state index contributed by atoms with van der Waals surface area (Å²) in [5.74, 6) is 0. The van der Waals surface area contributed by atoms with Gasteiger partial charge in [0.2, 0.25) is 0 Å². The van der Waals surface area contributed by atoms with Crippen molar-refractivity contribution in [2.45, 2.75) is 39.7 Å². The van der Waals surface area contributed by atoms with Crippen molar-refractivity contribution in [2.75, 3.05) is 6.54 Å². The average molecular weight is 268 g/mol. The normalized spacial score (nSPS) is 12.3. The second kappa shape index (κ2) is 7.20. The Kier molecular flexibility index (Phi) is 5.31. The minimum absolute atomic E-state index is 0.288. The Balaban J connectivity index is 2.21. The number of pyridine rings is 1. The number of aryl methyl sites for hydroxylation is 2. The van der Waals surface area contributed by atoms with Gasteiger partial charge in [-0.2, -0.15) is 0 Å². The predicted molar refractivity (Wildman–Crippen MR) is 84.9 cm³/mol. The minimum atomic E-state index is 0.288. The molecule has 0 bridgehead atoms. The Bertz CT molecular complexity index is 549. The highest BCUT2D eigenvalue weighted by atomic mass is 14.9. The third-order valence-corrected chi connectivity index (χ3v) is 3.62. The highest BCUT2D eigenvalue weighted by Crippen LogP contribution is 2.19. The van der Waals surface area contributed by atoms with Crippen LogP contribution in [-0.4, -0.2) is 11.5 Å². The molecule has 1 unspecified atom stereocenters. The Morgan fingerprint density at radius 3 is 2.65 bits per heavy atom. The maximum absolute atomic E-state index is 4.56. The zero-order valence-electron chi connectivity index (χ0n) is 12.7. The highest BCUT2D eigenvalue weighted by molar-refractivity contribution is 5.28. The van der Waals surface area contributed by atoms with Crippen molar-refractivity contribution in [1.82, 2.24) is 10.3 Å². The molecule has 2 heteroatoms. The van der Waals surface area contributed by atoms with Crippen LogP contribution in [0.2, 0.25) is 0 Å². The lowest BCUT2D eigenvalue weighted by Gasteiger charge is -2.19. The molecule has 2 aromatic rings. The van der Waals surface area contributed by atoms with Crippen LogP contribution in [0, 0.1) is 13.8 Å². The number of benzene rings is 1. The van der Waals surface area contributed by atoms with Gasteiger partial charge in [0.1, 0.15) is 0 Å². The molecule has 0 fully saturated rings. The molecular formula is C18H24N2. The number of hydrogen-bond acceptors (Lipinski definition) is 2. The first-order valence-corrected chi connectivity index (χ1v) is 7.41. The third-order valence-electron chi connectivity index (χ3n) is 3.62. The van der Waals surface area contributed by atoms with E-state index < -0.39 is 0 Å². The van der Waals surface area contributed by atoms with E-state index in [2.05, 4.69) is 61.4 Å². The van der Waals surface area contributed by atoms with Crippen molar-refractivity contribution in [3.8, 4) is 0 Å². The maximum Gasteiger partial charge on any atom is 0.0579 e. The standard InChI is InChI=1S/C18H24N2/c1-4-10-19-18(17-12-14(2)9-11-20-17)13-16-8-6-5-7-15(16)3/h5-9,11-12,18-19H,4,10,13H2,1-3H3. The first-order valence-electron chi connectivity index (χ1n) is 7.41. The van der Waals surface area contributed by atoms with Crippen LogP contribution in [0.15, 0.2) is 42.6 Å². The summed E-state index contributed by atoms with van der Waals surface area (Å²) in [5.41, 5.74) is 5.15. The summed E-state index contributed by atoms with van der Waals surface area (Å²) in [6.45, 7) is 7.51. The molecule has 106 valence electrons. The molecule has 0 aliphatic rings. The number of nitrogens with one attached hydrogen (secondary N) is 1. The van der Waals surface area contributed by atoms with E-state index >= 15 is 0 Å². The lowest BCUT2D eigenvalue weighted by molar-refractivity contribution is 0.516. The summed E-state index contributed by atoms with van der Waals surface area (Å²) < 4.78 is 0. The van der Waals surface area contributed by atoms with Crippen molar-refractivity contribution in [2.24, 2.45) is 0 Å². The van der Waals surface area contributed by atoms with Gasteiger partial charge in [0.25, 0.3) is 0 Å². The number of aromatic nitrogens is 1. The molecule has 1 atom stereocenters. The second-order valence-corrected chi connectivity index (χ2v) is 5.40. The van der Waals surface area contributed by atoms with Crippen molar-refractivity contribution >= 4 is 0 Å². The SMILES string of the molecule is CCCNC(Cc1ccccc1C)c1cc(C)ccn1. The maximum atomic E-state index is 4.56. The van der Waals surface area contributed by atoms with E-state index in [-0.39, 0.29) is 6.04 Å². The monoisotopic (exact) mass is 268 g/mol. The molecule has 1 aromatic heterocycles. The van der Waals surface area contributed by atoms with E-state index in [1.54, 1.807) is 0 Å². The smallest absolute Gasteiger partial charge is 0.0579 e. The summed E-state index contributed by atoms with van der Waals surface area (Å²) in [6.07, 6.45) is 4.03. The van der Waals surface area contributed by atoms with Gasteiger partial charge in [-0.15, -0.1) is 0 Å². The number of nitrogens with zero attached hydrogens (tertiary/aromatic N) is 1. The van der Waals surface area contributed by atoms with Crippen LogP contribution in [0.3, 0.4) is 0 Å². The molecule has 1 heterocycles. The zero-order valence-corrected chi connectivity index (χ0v) is 12.7. The van der Waals surface area contributed by atoms with Gasteiger partial charge in [-0.3, -0.25) is 4.98 Å². The molecule has 0 spiro atoms. The van der Waals surface area contributed by atoms with Crippen LogP contribution >= 0.6 is 0 Å². The average Bonchev–Trinajstić information content (AvgIpc) is 2.45. The topological polar surface area (TPSA) is 24.9 Å². The molecule has 1 aromatic carbocycles. The second-order valence-electron chi connectivity index (χ2n) is 5.40. The summed E-state index contributed by atoms with van der Waals surface area (Å²) in [4.78, 5) is 4.56. The van der Waals surface area contributed by atoms with E-state index in [0.717, 1.165) is 25.1 Å². The van der Waals surface area contributed by atoms with Gasteiger partial charge in [0.05, 0.1) is 11.7 Å². The molecule has 2 nitrogen and oxygen atoms in total. The van der Waals surface area contributed by atoms with Crippen molar-refractivity contribution in [1.29, 1.82) is 0 Å². The van der Waals surface area contributed by atoms with Gasteiger partial charge in [-0.05, 0) is 62.1 Å². The van der Waals surface area contributed by atoms with Gasteiger partial charge < -0.3 is 5.32 Å². The van der Waals surface area contributed by atoms with E-state index in [1.165, 1.54) is 16.7 Å². The fourth-order valence-corrected chi connectivity index (χ4v) is 2.41. The van der Waals surface area contributed by atoms with Crippen LogP contribution in [0.1, 0.15) is 41.8 Å².